The molecule has 0 bridgehead atoms. The molecule has 1 aromatic heterocycles. The molecule has 1 aliphatic rings. The molecule has 0 radical (unpaired) electrons. The molecule has 88 valence electrons. The predicted octanol–water partition coefficient (Wildman–Crippen LogP) is 2.34. The fourth-order valence-corrected chi connectivity index (χ4v) is 2.11. The van der Waals surface area contributed by atoms with Crippen LogP contribution in [0.15, 0.2) is 21.2 Å². The Morgan fingerprint density at radius 2 is 2.38 bits per heavy atom. The van der Waals surface area contributed by atoms with Gasteiger partial charge in [-0.15, -0.1) is 0 Å². The molecule has 5 heteroatoms. The lowest BCUT2D eigenvalue weighted by Crippen LogP contribution is -2.51. The van der Waals surface area contributed by atoms with Crippen LogP contribution >= 0.6 is 15.9 Å². The largest absolute Gasteiger partial charge is 0.444 e. The summed E-state index contributed by atoms with van der Waals surface area (Å²) in [6, 6.07) is 3.35. The maximum absolute atomic E-state index is 11.9. The first-order valence-electron chi connectivity index (χ1n) is 5.25. The van der Waals surface area contributed by atoms with Crippen molar-refractivity contribution in [2.75, 3.05) is 13.2 Å². The molecular formula is C11H14BrNO3. The summed E-state index contributed by atoms with van der Waals surface area (Å²) < 4.78 is 11.1. The fourth-order valence-electron chi connectivity index (χ4n) is 1.80. The molecular weight excluding hydrogens is 274 g/mol. The van der Waals surface area contributed by atoms with Gasteiger partial charge in [0.2, 0.25) is 0 Å². The standard InChI is InChI=1S/C11H14BrNO3/c1-11(5-2-6-15-7-11)13-10(14)8-3-4-9(12)16-8/h3-4H,2,5-7H2,1H3,(H,13,14). The lowest BCUT2D eigenvalue weighted by atomic mass is 9.95. The molecule has 1 amide bonds. The molecule has 0 spiro atoms. The average Bonchev–Trinajstić information content (AvgIpc) is 2.65. The first kappa shape index (κ1) is 11.7. The molecule has 0 aliphatic carbocycles. The van der Waals surface area contributed by atoms with E-state index in [1.807, 2.05) is 6.92 Å². The second-order valence-electron chi connectivity index (χ2n) is 4.27. The molecule has 1 fully saturated rings. The predicted molar refractivity (Wildman–Crippen MR) is 62.3 cm³/mol. The zero-order chi connectivity index (χ0) is 11.6. The number of carbonyl (C=O) groups is 1. The Hall–Kier alpha value is -0.810. The SMILES string of the molecule is CC1(NC(=O)c2ccc(Br)o2)CCCOC1. The fraction of sp³-hybridized carbons (Fsp3) is 0.545. The lowest BCUT2D eigenvalue weighted by Gasteiger charge is -2.33. The first-order valence-corrected chi connectivity index (χ1v) is 6.04. The Morgan fingerprint density at radius 3 is 2.94 bits per heavy atom. The Balaban J connectivity index is 2.01. The van der Waals surface area contributed by atoms with Crippen LogP contribution in [0.2, 0.25) is 0 Å². The molecule has 1 unspecified atom stereocenters. The molecule has 0 saturated carbocycles. The van der Waals surface area contributed by atoms with Gasteiger partial charge >= 0.3 is 0 Å². The van der Waals surface area contributed by atoms with E-state index in [0.29, 0.717) is 17.0 Å². The monoisotopic (exact) mass is 287 g/mol. The van der Waals surface area contributed by atoms with Crippen molar-refractivity contribution in [2.24, 2.45) is 0 Å². The molecule has 4 nitrogen and oxygen atoms in total. The third kappa shape index (κ3) is 2.65. The zero-order valence-electron chi connectivity index (χ0n) is 9.09. The van der Waals surface area contributed by atoms with Crippen molar-refractivity contribution in [1.29, 1.82) is 0 Å². The van der Waals surface area contributed by atoms with E-state index in [1.54, 1.807) is 12.1 Å². The summed E-state index contributed by atoms with van der Waals surface area (Å²) in [5.41, 5.74) is -0.283. The van der Waals surface area contributed by atoms with Gasteiger partial charge in [0.05, 0.1) is 12.1 Å². The van der Waals surface area contributed by atoms with E-state index in [2.05, 4.69) is 21.2 Å². The second kappa shape index (κ2) is 4.59. The van der Waals surface area contributed by atoms with E-state index >= 15 is 0 Å². The van der Waals surface area contributed by atoms with Gasteiger partial charge in [-0.2, -0.15) is 0 Å². The number of hydrogen-bond acceptors (Lipinski definition) is 3. The van der Waals surface area contributed by atoms with Crippen LogP contribution < -0.4 is 5.32 Å². The quantitative estimate of drug-likeness (QED) is 0.908. The summed E-state index contributed by atoms with van der Waals surface area (Å²) in [5.74, 6) is 0.123. The number of rotatable bonds is 2. The summed E-state index contributed by atoms with van der Waals surface area (Å²) in [4.78, 5) is 11.9. The highest BCUT2D eigenvalue weighted by molar-refractivity contribution is 9.10. The number of ether oxygens (including phenoxy) is 1. The second-order valence-corrected chi connectivity index (χ2v) is 5.06. The van der Waals surface area contributed by atoms with Crippen LogP contribution in [0.3, 0.4) is 0 Å². The number of hydrogen-bond donors (Lipinski definition) is 1. The van der Waals surface area contributed by atoms with Gasteiger partial charge in [-0.1, -0.05) is 0 Å². The Morgan fingerprint density at radius 1 is 1.56 bits per heavy atom. The van der Waals surface area contributed by atoms with Crippen molar-refractivity contribution in [3.05, 3.63) is 22.6 Å². The molecule has 0 aromatic carbocycles. The van der Waals surface area contributed by atoms with Gasteiger partial charge in [0.15, 0.2) is 10.4 Å². The van der Waals surface area contributed by atoms with E-state index < -0.39 is 0 Å². The first-order chi connectivity index (χ1) is 7.59. The van der Waals surface area contributed by atoms with E-state index in [0.717, 1.165) is 19.4 Å². The number of halogens is 1. The van der Waals surface area contributed by atoms with Crippen LogP contribution in [0.25, 0.3) is 0 Å². The minimum Gasteiger partial charge on any atom is -0.444 e. The maximum atomic E-state index is 11.9. The third-order valence-electron chi connectivity index (χ3n) is 2.65. The van der Waals surface area contributed by atoms with Crippen LogP contribution in [-0.4, -0.2) is 24.7 Å². The molecule has 1 saturated heterocycles. The van der Waals surface area contributed by atoms with E-state index in [9.17, 15) is 4.79 Å². The smallest absolute Gasteiger partial charge is 0.287 e. The Labute approximate surface area is 102 Å². The molecule has 16 heavy (non-hydrogen) atoms. The highest BCUT2D eigenvalue weighted by Gasteiger charge is 2.30. The molecule has 1 aliphatic heterocycles. The van der Waals surface area contributed by atoms with Gasteiger partial charge in [-0.25, -0.2) is 0 Å². The molecule has 1 N–H and O–H groups in total. The Bertz CT molecular complexity index is 382. The number of furan rings is 1. The van der Waals surface area contributed by atoms with Gasteiger partial charge < -0.3 is 14.5 Å². The van der Waals surface area contributed by atoms with Crippen molar-refractivity contribution in [2.45, 2.75) is 25.3 Å². The third-order valence-corrected chi connectivity index (χ3v) is 3.08. The summed E-state index contributed by atoms with van der Waals surface area (Å²) in [6.45, 7) is 3.32. The average molecular weight is 288 g/mol. The lowest BCUT2D eigenvalue weighted by molar-refractivity contribution is 0.0265. The maximum Gasteiger partial charge on any atom is 0.287 e. The van der Waals surface area contributed by atoms with E-state index in [-0.39, 0.29) is 11.4 Å². The summed E-state index contributed by atoms with van der Waals surface area (Å²) >= 11 is 3.17. The molecule has 2 heterocycles. The number of amides is 1. The highest BCUT2D eigenvalue weighted by Crippen LogP contribution is 2.20. The zero-order valence-corrected chi connectivity index (χ0v) is 10.7. The van der Waals surface area contributed by atoms with Crippen LogP contribution in [0, 0.1) is 0 Å². The van der Waals surface area contributed by atoms with Crippen LogP contribution in [-0.2, 0) is 4.74 Å². The van der Waals surface area contributed by atoms with Crippen LogP contribution in [0.1, 0.15) is 30.3 Å². The van der Waals surface area contributed by atoms with Crippen molar-refractivity contribution < 1.29 is 13.9 Å². The minimum atomic E-state index is -0.283. The van der Waals surface area contributed by atoms with Crippen LogP contribution in [0.4, 0.5) is 0 Å². The van der Waals surface area contributed by atoms with Crippen molar-refractivity contribution in [3.63, 3.8) is 0 Å². The summed E-state index contributed by atoms with van der Waals surface area (Å²) in [6.07, 6.45) is 1.90. The van der Waals surface area contributed by atoms with Gasteiger partial charge in [-0.05, 0) is 47.8 Å². The van der Waals surface area contributed by atoms with Crippen molar-refractivity contribution in [1.82, 2.24) is 5.32 Å². The van der Waals surface area contributed by atoms with Gasteiger partial charge in [0.25, 0.3) is 5.91 Å². The number of carbonyl (C=O) groups excluding carboxylic acids is 1. The summed E-state index contributed by atoms with van der Waals surface area (Å²) in [5, 5.41) is 2.95. The van der Waals surface area contributed by atoms with Gasteiger partial charge in [0.1, 0.15) is 0 Å². The van der Waals surface area contributed by atoms with E-state index in [1.165, 1.54) is 0 Å². The molecule has 1 aromatic rings. The minimum absolute atomic E-state index is 0.196. The number of nitrogens with one attached hydrogen (secondary N) is 1. The van der Waals surface area contributed by atoms with Gasteiger partial charge in [0, 0.05) is 6.61 Å². The van der Waals surface area contributed by atoms with Crippen LogP contribution in [0.5, 0.6) is 0 Å². The molecule has 2 rings (SSSR count). The van der Waals surface area contributed by atoms with Crippen molar-refractivity contribution >= 4 is 21.8 Å². The molecule has 1 atom stereocenters. The topological polar surface area (TPSA) is 51.5 Å². The normalized spacial score (nSPS) is 25.4. The highest BCUT2D eigenvalue weighted by atomic mass is 79.9. The van der Waals surface area contributed by atoms with Gasteiger partial charge in [-0.3, -0.25) is 4.79 Å². The van der Waals surface area contributed by atoms with E-state index in [4.69, 9.17) is 9.15 Å². The van der Waals surface area contributed by atoms with Crippen molar-refractivity contribution in [3.8, 4) is 0 Å². The Kier molecular flexibility index (Phi) is 3.35. The summed E-state index contributed by atoms with van der Waals surface area (Å²) in [7, 11) is 0.